The topological polar surface area (TPSA) is 83.6 Å². The molecule has 0 unspecified atom stereocenters. The molecule has 0 aliphatic heterocycles. The van der Waals surface area contributed by atoms with Gasteiger partial charge in [0.15, 0.2) is 9.50 Å². The fraction of sp³-hybridized carbons (Fsp3) is 0.111. The molecule has 0 atom stereocenters. The third-order valence-corrected chi connectivity index (χ3v) is 6.55. The number of nitrogens with zero attached hydrogens (tertiary/aromatic N) is 3. The van der Waals surface area contributed by atoms with Crippen molar-refractivity contribution in [3.8, 4) is 0 Å². The maximum Gasteiger partial charge on any atom is 0.236 e. The fourth-order valence-corrected chi connectivity index (χ4v) is 4.74. The van der Waals surface area contributed by atoms with Crippen LogP contribution in [0.5, 0.6) is 0 Å². The number of H-pyrrole nitrogens is 1. The predicted molar refractivity (Wildman–Crippen MR) is 111 cm³/mol. The summed E-state index contributed by atoms with van der Waals surface area (Å²) in [5.74, 6) is 0.453. The van der Waals surface area contributed by atoms with Crippen molar-refractivity contribution >= 4 is 56.9 Å². The normalized spacial score (nSPS) is 11.0. The molecule has 0 spiro atoms. The molecule has 0 bridgehead atoms. The van der Waals surface area contributed by atoms with Gasteiger partial charge in [-0.3, -0.25) is 10.1 Å². The average Bonchev–Trinajstić information content (AvgIpc) is 3.32. The molecule has 0 radical (unpaired) electrons. The maximum atomic E-state index is 12.9. The lowest BCUT2D eigenvalue weighted by Gasteiger charge is -1.99. The number of benzene rings is 2. The number of imidazole rings is 1. The van der Waals surface area contributed by atoms with Gasteiger partial charge < -0.3 is 4.98 Å². The summed E-state index contributed by atoms with van der Waals surface area (Å²) >= 11 is 4.13. The van der Waals surface area contributed by atoms with Crippen LogP contribution in [0.4, 0.5) is 9.52 Å². The van der Waals surface area contributed by atoms with Crippen LogP contribution in [-0.2, 0) is 10.5 Å². The highest BCUT2D eigenvalue weighted by molar-refractivity contribution is 8.00. The number of hydrogen-bond donors (Lipinski definition) is 2. The summed E-state index contributed by atoms with van der Waals surface area (Å²) in [5, 5.41) is 12.0. The van der Waals surface area contributed by atoms with E-state index in [1.165, 1.54) is 47.0 Å². The van der Waals surface area contributed by atoms with Crippen molar-refractivity contribution in [3.05, 3.63) is 59.9 Å². The number of thioether (sulfide) groups is 2. The molecule has 1 amide bonds. The first-order valence-electron chi connectivity index (χ1n) is 8.24. The number of fused-ring (bicyclic) bond motifs is 1. The zero-order chi connectivity index (χ0) is 19.3. The minimum absolute atomic E-state index is 0.170. The van der Waals surface area contributed by atoms with Crippen molar-refractivity contribution < 1.29 is 9.18 Å². The molecule has 4 rings (SSSR count). The number of aromatic amines is 1. The minimum atomic E-state index is -0.254. The molecule has 0 saturated heterocycles. The van der Waals surface area contributed by atoms with E-state index in [4.69, 9.17) is 0 Å². The Labute approximate surface area is 172 Å². The Bertz CT molecular complexity index is 1060. The highest BCUT2D eigenvalue weighted by atomic mass is 32.2. The van der Waals surface area contributed by atoms with Crippen LogP contribution in [-0.4, -0.2) is 31.8 Å². The molecule has 10 heteroatoms. The highest BCUT2D eigenvalue weighted by Gasteiger charge is 2.11. The van der Waals surface area contributed by atoms with Gasteiger partial charge in [0.1, 0.15) is 5.82 Å². The third-order valence-electron chi connectivity index (χ3n) is 3.64. The van der Waals surface area contributed by atoms with Gasteiger partial charge in [0.05, 0.1) is 16.8 Å². The van der Waals surface area contributed by atoms with Crippen molar-refractivity contribution in [2.45, 2.75) is 15.2 Å². The minimum Gasteiger partial charge on any atom is -0.333 e. The monoisotopic (exact) mass is 431 g/mol. The SMILES string of the molecule is O=C(CSc1nc2ccccc2[nH]1)Nc1nnc(SCc2ccc(F)cc2)s1. The van der Waals surface area contributed by atoms with E-state index in [2.05, 4.69) is 25.5 Å². The number of rotatable bonds is 7. The maximum absolute atomic E-state index is 12.9. The number of anilines is 1. The van der Waals surface area contributed by atoms with E-state index in [1.54, 1.807) is 12.1 Å². The molecule has 4 aromatic rings. The number of nitrogens with one attached hydrogen (secondary N) is 2. The molecular formula is C18H14FN5OS3. The molecule has 0 saturated carbocycles. The molecule has 2 N–H and O–H groups in total. The van der Waals surface area contributed by atoms with Gasteiger partial charge in [0, 0.05) is 5.75 Å². The lowest BCUT2D eigenvalue weighted by atomic mass is 10.2. The molecule has 2 heterocycles. The van der Waals surface area contributed by atoms with Gasteiger partial charge in [-0.15, -0.1) is 10.2 Å². The van der Waals surface area contributed by atoms with Gasteiger partial charge in [-0.2, -0.15) is 0 Å². The number of aromatic nitrogens is 4. The number of para-hydroxylation sites is 2. The quantitative estimate of drug-likeness (QED) is 0.329. The lowest BCUT2D eigenvalue weighted by molar-refractivity contribution is -0.113. The number of hydrogen-bond acceptors (Lipinski definition) is 7. The van der Waals surface area contributed by atoms with E-state index in [0.29, 0.717) is 16.0 Å². The Hall–Kier alpha value is -2.43. The molecule has 0 aliphatic rings. The van der Waals surface area contributed by atoms with Crippen molar-refractivity contribution in [1.82, 2.24) is 20.2 Å². The molecule has 2 aromatic heterocycles. The summed E-state index contributed by atoms with van der Waals surface area (Å²) in [4.78, 5) is 19.7. The standard InChI is InChI=1S/C18H14FN5OS3/c19-12-7-5-11(6-8-12)9-27-18-24-23-17(28-18)22-15(25)10-26-16-20-13-3-1-2-4-14(13)21-16/h1-8H,9-10H2,(H,20,21)(H,22,23,25). The van der Waals surface area contributed by atoms with Crippen LogP contribution in [0.2, 0.25) is 0 Å². The van der Waals surface area contributed by atoms with Gasteiger partial charge in [-0.25, -0.2) is 9.37 Å². The van der Waals surface area contributed by atoms with Crippen molar-refractivity contribution in [1.29, 1.82) is 0 Å². The first-order valence-corrected chi connectivity index (χ1v) is 11.0. The van der Waals surface area contributed by atoms with E-state index in [0.717, 1.165) is 20.9 Å². The molecular weight excluding hydrogens is 417 g/mol. The van der Waals surface area contributed by atoms with Crippen LogP contribution in [0.15, 0.2) is 58.0 Å². The average molecular weight is 432 g/mol. The Morgan fingerprint density at radius 1 is 1.11 bits per heavy atom. The molecule has 0 aliphatic carbocycles. The van der Waals surface area contributed by atoms with Crippen LogP contribution in [0.1, 0.15) is 5.56 Å². The highest BCUT2D eigenvalue weighted by Crippen LogP contribution is 2.28. The molecule has 6 nitrogen and oxygen atoms in total. The Morgan fingerprint density at radius 2 is 1.93 bits per heavy atom. The van der Waals surface area contributed by atoms with Crippen LogP contribution in [0.25, 0.3) is 11.0 Å². The summed E-state index contributed by atoms with van der Waals surface area (Å²) in [6, 6.07) is 14.1. The predicted octanol–water partition coefficient (Wildman–Crippen LogP) is 4.58. The Kier molecular flexibility index (Phi) is 5.89. The summed E-state index contributed by atoms with van der Waals surface area (Å²) in [7, 11) is 0. The van der Waals surface area contributed by atoms with Crippen LogP contribution in [0, 0.1) is 5.82 Å². The summed E-state index contributed by atoms with van der Waals surface area (Å²) < 4.78 is 13.7. The van der Waals surface area contributed by atoms with Gasteiger partial charge in [0.25, 0.3) is 0 Å². The number of halogens is 1. The number of amides is 1. The largest absolute Gasteiger partial charge is 0.333 e. The van der Waals surface area contributed by atoms with Crippen LogP contribution < -0.4 is 5.32 Å². The van der Waals surface area contributed by atoms with Crippen molar-refractivity contribution in [2.24, 2.45) is 0 Å². The molecule has 28 heavy (non-hydrogen) atoms. The van der Waals surface area contributed by atoms with E-state index < -0.39 is 0 Å². The van der Waals surface area contributed by atoms with Crippen LogP contribution >= 0.6 is 34.9 Å². The van der Waals surface area contributed by atoms with Gasteiger partial charge in [-0.05, 0) is 29.8 Å². The summed E-state index contributed by atoms with van der Waals surface area (Å²) in [6.45, 7) is 0. The molecule has 142 valence electrons. The molecule has 0 fully saturated rings. The van der Waals surface area contributed by atoms with Gasteiger partial charge in [-0.1, -0.05) is 59.1 Å². The Morgan fingerprint density at radius 3 is 2.75 bits per heavy atom. The zero-order valence-corrected chi connectivity index (χ0v) is 16.8. The van der Waals surface area contributed by atoms with Crippen molar-refractivity contribution in [2.75, 3.05) is 11.1 Å². The van der Waals surface area contributed by atoms with Crippen molar-refractivity contribution in [3.63, 3.8) is 0 Å². The van der Waals surface area contributed by atoms with Gasteiger partial charge in [0.2, 0.25) is 11.0 Å². The van der Waals surface area contributed by atoms with E-state index >= 15 is 0 Å². The lowest BCUT2D eigenvalue weighted by Crippen LogP contribution is -2.13. The third kappa shape index (κ3) is 4.89. The summed E-state index contributed by atoms with van der Waals surface area (Å²) in [6.07, 6.45) is 0. The Balaban J connectivity index is 1.27. The van der Waals surface area contributed by atoms with E-state index in [1.807, 2.05) is 24.3 Å². The van der Waals surface area contributed by atoms with E-state index in [9.17, 15) is 9.18 Å². The zero-order valence-electron chi connectivity index (χ0n) is 14.4. The number of carbonyl (C=O) groups excluding carboxylic acids is 1. The fourth-order valence-electron chi connectivity index (χ4n) is 2.33. The van der Waals surface area contributed by atoms with E-state index in [-0.39, 0.29) is 17.5 Å². The second-order valence-electron chi connectivity index (χ2n) is 5.68. The van der Waals surface area contributed by atoms with Gasteiger partial charge >= 0.3 is 0 Å². The summed E-state index contributed by atoms with van der Waals surface area (Å²) in [5.41, 5.74) is 2.81. The molecule has 2 aromatic carbocycles. The first kappa shape index (κ1) is 18.9. The second kappa shape index (κ2) is 8.72. The number of carbonyl (C=O) groups is 1. The van der Waals surface area contributed by atoms with Crippen LogP contribution in [0.3, 0.4) is 0 Å². The first-order chi connectivity index (χ1) is 13.7. The smallest absolute Gasteiger partial charge is 0.236 e. The second-order valence-corrected chi connectivity index (χ2v) is 8.85.